The Bertz CT molecular complexity index is 495. The molecule has 21 heavy (non-hydrogen) atoms. The Morgan fingerprint density at radius 1 is 1.33 bits per heavy atom. The first-order valence-electron chi connectivity index (χ1n) is 6.46. The monoisotopic (exact) mass is 377 g/mol. The molecule has 7 heteroatoms. The summed E-state index contributed by atoms with van der Waals surface area (Å²) in [6.07, 6.45) is 0.946. The molecule has 5 nitrogen and oxygen atoms in total. The van der Waals surface area contributed by atoms with E-state index in [2.05, 4.69) is 26.6 Å². The van der Waals surface area contributed by atoms with Crippen LogP contribution in [0.5, 0.6) is 0 Å². The maximum Gasteiger partial charge on any atom is 0.243 e. The molecule has 0 radical (unpaired) electrons. The fraction of sp³-hybridized carbons (Fsp3) is 0.429. The zero-order valence-corrected chi connectivity index (χ0v) is 14.5. The van der Waals surface area contributed by atoms with E-state index in [4.69, 9.17) is 5.73 Å². The van der Waals surface area contributed by atoms with E-state index >= 15 is 0 Å². The summed E-state index contributed by atoms with van der Waals surface area (Å²) in [4.78, 5) is 23.1. The van der Waals surface area contributed by atoms with E-state index in [9.17, 15) is 9.59 Å². The van der Waals surface area contributed by atoms with Gasteiger partial charge >= 0.3 is 0 Å². The van der Waals surface area contributed by atoms with Crippen LogP contribution in [0.3, 0.4) is 0 Å². The molecule has 0 heterocycles. The second-order valence-corrected chi connectivity index (χ2v) is 5.66. The lowest BCUT2D eigenvalue weighted by molar-refractivity contribution is -0.124. The maximum absolute atomic E-state index is 11.7. The highest BCUT2D eigenvalue weighted by Gasteiger charge is 2.07. The van der Waals surface area contributed by atoms with Gasteiger partial charge in [0.1, 0.15) is 0 Å². The van der Waals surface area contributed by atoms with Crippen molar-refractivity contribution in [3.63, 3.8) is 0 Å². The molecule has 4 N–H and O–H groups in total. The van der Waals surface area contributed by atoms with Gasteiger partial charge in [-0.3, -0.25) is 9.59 Å². The van der Waals surface area contributed by atoms with Crippen molar-refractivity contribution in [2.45, 2.75) is 32.7 Å². The van der Waals surface area contributed by atoms with Gasteiger partial charge in [-0.1, -0.05) is 15.9 Å². The zero-order valence-electron chi connectivity index (χ0n) is 12.1. The molecule has 0 saturated heterocycles. The quantitative estimate of drug-likeness (QED) is 0.710. The van der Waals surface area contributed by atoms with Gasteiger partial charge in [0.2, 0.25) is 11.8 Å². The molecule has 1 aromatic rings. The number of hydrogen-bond acceptors (Lipinski definition) is 3. The van der Waals surface area contributed by atoms with Crippen molar-refractivity contribution in [1.29, 1.82) is 0 Å². The van der Waals surface area contributed by atoms with Gasteiger partial charge in [0, 0.05) is 22.6 Å². The van der Waals surface area contributed by atoms with Crippen LogP contribution in [0.25, 0.3) is 0 Å². The lowest BCUT2D eigenvalue weighted by atomic mass is 10.2. The molecule has 0 aliphatic carbocycles. The summed E-state index contributed by atoms with van der Waals surface area (Å²) in [7, 11) is 0. The number of benzene rings is 1. The highest BCUT2D eigenvalue weighted by molar-refractivity contribution is 9.10. The predicted octanol–water partition coefficient (Wildman–Crippen LogP) is 2.36. The van der Waals surface area contributed by atoms with Crippen molar-refractivity contribution >= 4 is 45.8 Å². The molecule has 118 valence electrons. The van der Waals surface area contributed by atoms with Crippen molar-refractivity contribution in [3.05, 3.63) is 28.2 Å². The number of nitrogens with one attached hydrogen (secondary N) is 2. The van der Waals surface area contributed by atoms with Crippen molar-refractivity contribution in [2.24, 2.45) is 5.73 Å². The van der Waals surface area contributed by atoms with E-state index in [-0.39, 0.29) is 36.8 Å². The third-order valence-corrected chi connectivity index (χ3v) is 3.60. The number of amides is 2. The molecule has 1 rings (SSSR count). The molecular weight excluding hydrogens is 358 g/mol. The number of rotatable bonds is 6. The van der Waals surface area contributed by atoms with Crippen LogP contribution < -0.4 is 16.4 Å². The summed E-state index contributed by atoms with van der Waals surface area (Å²) >= 11 is 3.39. The number of aryl methyl sites for hydroxylation is 1. The maximum atomic E-state index is 11.7. The fourth-order valence-corrected chi connectivity index (χ4v) is 1.80. The van der Waals surface area contributed by atoms with E-state index in [1.165, 1.54) is 0 Å². The van der Waals surface area contributed by atoms with E-state index in [1.54, 1.807) is 6.07 Å². The highest BCUT2D eigenvalue weighted by Crippen LogP contribution is 2.19. The molecule has 0 spiro atoms. The Balaban J connectivity index is 0.00000400. The summed E-state index contributed by atoms with van der Waals surface area (Å²) in [5.74, 6) is -0.412. The molecule has 0 aromatic heterocycles. The summed E-state index contributed by atoms with van der Waals surface area (Å²) in [5, 5.41) is 5.30. The number of carbonyl (C=O) groups excluding carboxylic acids is 2. The number of nitrogens with two attached hydrogens (primary N) is 1. The van der Waals surface area contributed by atoms with Gasteiger partial charge in [0.05, 0.1) is 6.54 Å². The van der Waals surface area contributed by atoms with Crippen LogP contribution in [-0.4, -0.2) is 24.4 Å². The third kappa shape index (κ3) is 8.04. The first-order valence-corrected chi connectivity index (χ1v) is 7.26. The molecular formula is C14H21BrClN3O2. The van der Waals surface area contributed by atoms with Crippen molar-refractivity contribution in [2.75, 3.05) is 11.9 Å². The SMILES string of the molecule is Cc1cc(NC(=O)CNC(=O)CCC(C)N)ccc1Br.Cl. The highest BCUT2D eigenvalue weighted by atomic mass is 79.9. The van der Waals surface area contributed by atoms with Gasteiger partial charge in [-0.15, -0.1) is 12.4 Å². The molecule has 1 unspecified atom stereocenters. The summed E-state index contributed by atoms with van der Waals surface area (Å²) in [6.45, 7) is 3.75. The lowest BCUT2D eigenvalue weighted by Crippen LogP contribution is -2.33. The predicted molar refractivity (Wildman–Crippen MR) is 90.6 cm³/mol. The molecule has 0 fully saturated rings. The zero-order chi connectivity index (χ0) is 15.1. The van der Waals surface area contributed by atoms with Crippen molar-refractivity contribution in [3.8, 4) is 0 Å². The van der Waals surface area contributed by atoms with Crippen LogP contribution in [-0.2, 0) is 9.59 Å². The fourth-order valence-electron chi connectivity index (χ4n) is 1.55. The second-order valence-electron chi connectivity index (χ2n) is 4.80. The molecule has 0 aliphatic rings. The van der Waals surface area contributed by atoms with E-state index in [0.29, 0.717) is 18.5 Å². The van der Waals surface area contributed by atoms with Crippen LogP contribution in [0.4, 0.5) is 5.69 Å². The standard InChI is InChI=1S/C14H20BrN3O2.ClH/c1-9-7-11(4-5-12(9)15)18-14(20)8-17-13(19)6-3-10(2)16;/h4-5,7,10H,3,6,8,16H2,1-2H3,(H,17,19)(H,18,20);1H. The van der Waals surface area contributed by atoms with Crippen LogP contribution in [0.15, 0.2) is 22.7 Å². The van der Waals surface area contributed by atoms with Crippen LogP contribution in [0.2, 0.25) is 0 Å². The molecule has 2 amide bonds. The Labute approximate surface area is 139 Å². The summed E-state index contributed by atoms with van der Waals surface area (Å²) in [6, 6.07) is 5.51. The van der Waals surface area contributed by atoms with Gasteiger partial charge in [0.15, 0.2) is 0 Å². The van der Waals surface area contributed by atoms with Crippen molar-refractivity contribution in [1.82, 2.24) is 5.32 Å². The molecule has 1 atom stereocenters. The average Bonchev–Trinajstić information content (AvgIpc) is 2.38. The first kappa shape index (κ1) is 19.9. The molecule has 1 aromatic carbocycles. The van der Waals surface area contributed by atoms with E-state index in [1.807, 2.05) is 26.0 Å². The van der Waals surface area contributed by atoms with Crippen LogP contribution in [0.1, 0.15) is 25.3 Å². The minimum absolute atomic E-state index is 0. The number of halogens is 2. The minimum Gasteiger partial charge on any atom is -0.347 e. The Morgan fingerprint density at radius 2 is 2.00 bits per heavy atom. The third-order valence-electron chi connectivity index (χ3n) is 2.71. The minimum atomic E-state index is -0.249. The molecule has 0 saturated carbocycles. The Morgan fingerprint density at radius 3 is 2.57 bits per heavy atom. The number of hydrogen-bond donors (Lipinski definition) is 3. The van der Waals surface area contributed by atoms with Gasteiger partial charge in [0.25, 0.3) is 0 Å². The Kier molecular flexibility index (Phi) is 9.24. The topological polar surface area (TPSA) is 84.2 Å². The van der Waals surface area contributed by atoms with Crippen LogP contribution in [0, 0.1) is 6.92 Å². The van der Waals surface area contributed by atoms with Gasteiger partial charge in [-0.25, -0.2) is 0 Å². The van der Waals surface area contributed by atoms with Gasteiger partial charge in [-0.2, -0.15) is 0 Å². The second kappa shape index (κ2) is 9.76. The van der Waals surface area contributed by atoms with Gasteiger partial charge < -0.3 is 16.4 Å². The molecule has 0 bridgehead atoms. The largest absolute Gasteiger partial charge is 0.347 e. The molecule has 0 aliphatic heterocycles. The first-order chi connectivity index (χ1) is 9.38. The lowest BCUT2D eigenvalue weighted by Gasteiger charge is -2.09. The number of carbonyl (C=O) groups is 2. The number of anilines is 1. The van der Waals surface area contributed by atoms with Crippen molar-refractivity contribution < 1.29 is 9.59 Å². The summed E-state index contributed by atoms with van der Waals surface area (Å²) in [5.41, 5.74) is 7.30. The Hall–Kier alpha value is -1.11. The normalized spacial score (nSPS) is 11.2. The smallest absolute Gasteiger partial charge is 0.243 e. The summed E-state index contributed by atoms with van der Waals surface area (Å²) < 4.78 is 0.986. The van der Waals surface area contributed by atoms with Crippen LogP contribution >= 0.6 is 28.3 Å². The van der Waals surface area contributed by atoms with E-state index < -0.39 is 0 Å². The van der Waals surface area contributed by atoms with E-state index in [0.717, 1.165) is 10.0 Å². The van der Waals surface area contributed by atoms with Gasteiger partial charge in [-0.05, 0) is 44.0 Å². The average molecular weight is 379 g/mol.